The zero-order valence-corrected chi connectivity index (χ0v) is 11.4. The predicted octanol–water partition coefficient (Wildman–Crippen LogP) is 1.47. The molecule has 1 heterocycles. The summed E-state index contributed by atoms with van der Waals surface area (Å²) >= 11 is 1.75. The molecule has 0 spiro atoms. The summed E-state index contributed by atoms with van der Waals surface area (Å²) in [7, 11) is 1.62. The Morgan fingerprint density at radius 3 is 2.88 bits per heavy atom. The lowest BCUT2D eigenvalue weighted by atomic mass is 10.2. The topological polar surface area (TPSA) is 50.4 Å². The smallest absolute Gasteiger partial charge is 0.234 e. The van der Waals surface area contributed by atoms with Crippen LogP contribution in [0.2, 0.25) is 0 Å². The van der Waals surface area contributed by atoms with Crippen molar-refractivity contribution in [2.75, 3.05) is 26.8 Å². The molecule has 1 unspecified atom stereocenters. The van der Waals surface area contributed by atoms with Crippen LogP contribution in [0.25, 0.3) is 0 Å². The molecule has 17 heavy (non-hydrogen) atoms. The van der Waals surface area contributed by atoms with Gasteiger partial charge in [0.1, 0.15) is 0 Å². The van der Waals surface area contributed by atoms with Gasteiger partial charge in [-0.2, -0.15) is 0 Å². The summed E-state index contributed by atoms with van der Waals surface area (Å²) in [6.07, 6.45) is 0. The van der Waals surface area contributed by atoms with Gasteiger partial charge < -0.3 is 15.4 Å². The molecule has 1 amide bonds. The first kappa shape index (κ1) is 14.2. The minimum atomic E-state index is 0.00202. The van der Waals surface area contributed by atoms with Crippen LogP contribution in [-0.2, 0) is 9.53 Å². The van der Waals surface area contributed by atoms with Crippen molar-refractivity contribution < 1.29 is 9.53 Å². The van der Waals surface area contributed by atoms with Crippen LogP contribution in [0.1, 0.15) is 22.7 Å². The van der Waals surface area contributed by atoms with Gasteiger partial charge in [-0.1, -0.05) is 0 Å². The second kappa shape index (κ2) is 7.42. The highest BCUT2D eigenvalue weighted by atomic mass is 32.1. The van der Waals surface area contributed by atoms with Gasteiger partial charge in [-0.05, 0) is 26.0 Å². The third-order valence-corrected chi connectivity index (χ3v) is 3.57. The Balaban J connectivity index is 2.23. The van der Waals surface area contributed by atoms with Gasteiger partial charge in [0.25, 0.3) is 0 Å². The Morgan fingerprint density at radius 1 is 1.53 bits per heavy atom. The Morgan fingerprint density at radius 2 is 2.29 bits per heavy atom. The lowest BCUT2D eigenvalue weighted by molar-refractivity contribution is -0.120. The maximum Gasteiger partial charge on any atom is 0.234 e. The van der Waals surface area contributed by atoms with Crippen molar-refractivity contribution in [3.05, 3.63) is 21.9 Å². The molecule has 0 radical (unpaired) electrons. The Kier molecular flexibility index (Phi) is 6.18. The van der Waals surface area contributed by atoms with Crippen LogP contribution in [0.15, 0.2) is 12.1 Å². The van der Waals surface area contributed by atoms with E-state index >= 15 is 0 Å². The lowest BCUT2D eigenvalue weighted by Gasteiger charge is -2.11. The SMILES string of the molecule is COCCNC(=O)CNC(C)c1ccc(C)s1. The van der Waals surface area contributed by atoms with Crippen molar-refractivity contribution >= 4 is 17.2 Å². The third kappa shape index (κ3) is 5.30. The van der Waals surface area contributed by atoms with Gasteiger partial charge in [0, 0.05) is 29.5 Å². The van der Waals surface area contributed by atoms with Gasteiger partial charge in [-0.3, -0.25) is 4.79 Å². The minimum Gasteiger partial charge on any atom is -0.383 e. The fraction of sp³-hybridized carbons (Fsp3) is 0.583. The zero-order chi connectivity index (χ0) is 12.7. The van der Waals surface area contributed by atoms with Crippen molar-refractivity contribution in [3.63, 3.8) is 0 Å². The number of methoxy groups -OCH3 is 1. The maximum atomic E-state index is 11.4. The summed E-state index contributed by atoms with van der Waals surface area (Å²) < 4.78 is 4.86. The van der Waals surface area contributed by atoms with E-state index in [9.17, 15) is 4.79 Å². The Bertz CT molecular complexity index is 352. The average molecular weight is 256 g/mol. The van der Waals surface area contributed by atoms with E-state index in [0.29, 0.717) is 19.7 Å². The molecule has 96 valence electrons. The molecule has 4 nitrogen and oxygen atoms in total. The first-order valence-electron chi connectivity index (χ1n) is 5.69. The van der Waals surface area contributed by atoms with E-state index in [1.807, 2.05) is 0 Å². The monoisotopic (exact) mass is 256 g/mol. The normalized spacial score (nSPS) is 12.4. The maximum absolute atomic E-state index is 11.4. The van der Waals surface area contributed by atoms with Crippen molar-refractivity contribution in [2.45, 2.75) is 19.9 Å². The molecule has 0 saturated carbocycles. The number of rotatable bonds is 7. The van der Waals surface area contributed by atoms with E-state index in [2.05, 4.69) is 36.6 Å². The van der Waals surface area contributed by atoms with E-state index in [0.717, 1.165) is 0 Å². The Hall–Kier alpha value is -0.910. The van der Waals surface area contributed by atoms with Gasteiger partial charge in [-0.15, -0.1) is 11.3 Å². The van der Waals surface area contributed by atoms with E-state index < -0.39 is 0 Å². The van der Waals surface area contributed by atoms with Gasteiger partial charge in [0.05, 0.1) is 13.2 Å². The van der Waals surface area contributed by atoms with E-state index in [1.54, 1.807) is 18.4 Å². The molecule has 0 bridgehead atoms. The van der Waals surface area contributed by atoms with E-state index in [1.165, 1.54) is 9.75 Å². The molecule has 0 fully saturated rings. The molecule has 1 rings (SSSR count). The summed E-state index contributed by atoms with van der Waals surface area (Å²) in [5.74, 6) is 0.00202. The predicted molar refractivity (Wildman–Crippen MR) is 70.4 cm³/mol. The van der Waals surface area contributed by atoms with Crippen LogP contribution in [-0.4, -0.2) is 32.7 Å². The summed E-state index contributed by atoms with van der Waals surface area (Å²) in [6.45, 7) is 5.59. The van der Waals surface area contributed by atoms with Gasteiger partial charge in [0.15, 0.2) is 0 Å². The first-order chi connectivity index (χ1) is 8.13. The number of amides is 1. The number of ether oxygens (including phenoxy) is 1. The van der Waals surface area contributed by atoms with Gasteiger partial charge >= 0.3 is 0 Å². The number of aryl methyl sites for hydroxylation is 1. The van der Waals surface area contributed by atoms with Crippen molar-refractivity contribution in [3.8, 4) is 0 Å². The second-order valence-corrected chi connectivity index (χ2v) is 5.21. The average Bonchev–Trinajstić information content (AvgIpc) is 2.73. The van der Waals surface area contributed by atoms with Crippen LogP contribution in [0.5, 0.6) is 0 Å². The molecule has 2 N–H and O–H groups in total. The fourth-order valence-electron chi connectivity index (χ4n) is 1.39. The van der Waals surface area contributed by atoms with Crippen LogP contribution in [0.3, 0.4) is 0 Å². The molecule has 0 aromatic carbocycles. The fourth-order valence-corrected chi connectivity index (χ4v) is 2.29. The van der Waals surface area contributed by atoms with Crippen molar-refractivity contribution in [2.24, 2.45) is 0 Å². The van der Waals surface area contributed by atoms with Crippen molar-refractivity contribution in [1.29, 1.82) is 0 Å². The Labute approximate surface area is 106 Å². The second-order valence-electron chi connectivity index (χ2n) is 3.89. The molecule has 0 aliphatic carbocycles. The molecule has 0 aliphatic heterocycles. The number of carbonyl (C=O) groups excluding carboxylic acids is 1. The highest BCUT2D eigenvalue weighted by molar-refractivity contribution is 7.12. The third-order valence-electron chi connectivity index (χ3n) is 2.39. The summed E-state index contributed by atoms with van der Waals surface area (Å²) in [5, 5.41) is 5.97. The number of hydrogen-bond donors (Lipinski definition) is 2. The number of hydrogen-bond acceptors (Lipinski definition) is 4. The van der Waals surface area contributed by atoms with Gasteiger partial charge in [-0.25, -0.2) is 0 Å². The van der Waals surface area contributed by atoms with E-state index in [4.69, 9.17) is 4.74 Å². The van der Waals surface area contributed by atoms with Crippen LogP contribution in [0, 0.1) is 6.92 Å². The van der Waals surface area contributed by atoms with Crippen LogP contribution in [0.4, 0.5) is 0 Å². The lowest BCUT2D eigenvalue weighted by Crippen LogP contribution is -2.36. The van der Waals surface area contributed by atoms with Gasteiger partial charge in [0.2, 0.25) is 5.91 Å². The minimum absolute atomic E-state index is 0.00202. The molecule has 0 saturated heterocycles. The number of nitrogens with one attached hydrogen (secondary N) is 2. The molecule has 5 heteroatoms. The molecule has 1 aromatic rings. The summed E-state index contributed by atoms with van der Waals surface area (Å²) in [4.78, 5) is 14.0. The molecular weight excluding hydrogens is 236 g/mol. The molecule has 1 atom stereocenters. The highest BCUT2D eigenvalue weighted by Gasteiger charge is 2.08. The molecule has 0 aliphatic rings. The molecular formula is C12H20N2O2S. The van der Waals surface area contributed by atoms with Crippen LogP contribution >= 0.6 is 11.3 Å². The summed E-state index contributed by atoms with van der Waals surface area (Å²) in [5.41, 5.74) is 0. The number of carbonyl (C=O) groups is 1. The van der Waals surface area contributed by atoms with Crippen molar-refractivity contribution in [1.82, 2.24) is 10.6 Å². The largest absolute Gasteiger partial charge is 0.383 e. The first-order valence-corrected chi connectivity index (χ1v) is 6.50. The standard InChI is InChI=1S/C12H20N2O2S/c1-9-4-5-11(17-9)10(2)14-8-12(15)13-6-7-16-3/h4-5,10,14H,6-8H2,1-3H3,(H,13,15). The summed E-state index contributed by atoms with van der Waals surface area (Å²) in [6, 6.07) is 4.40. The quantitative estimate of drug-likeness (QED) is 0.726. The highest BCUT2D eigenvalue weighted by Crippen LogP contribution is 2.21. The van der Waals surface area contributed by atoms with Crippen LogP contribution < -0.4 is 10.6 Å². The molecule has 1 aromatic heterocycles. The zero-order valence-electron chi connectivity index (χ0n) is 10.6. The van der Waals surface area contributed by atoms with E-state index in [-0.39, 0.29) is 11.9 Å². The number of thiophene rings is 1.